The van der Waals surface area contributed by atoms with E-state index in [-0.39, 0.29) is 25.3 Å². The summed E-state index contributed by atoms with van der Waals surface area (Å²) in [5.41, 5.74) is -0.697. The Bertz CT molecular complexity index is 961. The van der Waals surface area contributed by atoms with Crippen LogP contribution in [0.3, 0.4) is 0 Å². The Morgan fingerprint density at radius 2 is 2.00 bits per heavy atom. The lowest BCUT2D eigenvalue weighted by Crippen LogP contribution is -2.34. The number of methoxy groups -OCH3 is 1. The predicted octanol–water partition coefficient (Wildman–Crippen LogP) is 3.18. The van der Waals surface area contributed by atoms with Crippen molar-refractivity contribution in [1.82, 2.24) is 4.90 Å². The number of hydrogen-bond donors (Lipinski definition) is 0. The first-order valence-electron chi connectivity index (χ1n) is 8.02. The predicted molar refractivity (Wildman–Crippen MR) is 94.2 cm³/mol. The first kappa shape index (κ1) is 19.7. The molecule has 1 fully saturated rings. The average molecular weight is 419 g/mol. The molecular weight excluding hydrogens is 403 g/mol. The van der Waals surface area contributed by atoms with Gasteiger partial charge in [-0.3, -0.25) is 4.79 Å². The van der Waals surface area contributed by atoms with Gasteiger partial charge in [-0.1, -0.05) is 6.07 Å². The molecule has 27 heavy (non-hydrogen) atoms. The molecule has 1 aromatic carbocycles. The summed E-state index contributed by atoms with van der Waals surface area (Å²) in [4.78, 5) is 14.5. The molecule has 0 aliphatic carbocycles. The Balaban J connectivity index is 1.90. The van der Waals surface area contributed by atoms with Crippen LogP contribution in [0, 0.1) is 17.5 Å². The Labute approximate surface area is 158 Å². The smallest absolute Gasteiger partial charge is 0.257 e. The third-order valence-corrected chi connectivity index (χ3v) is 7.68. The van der Waals surface area contributed by atoms with E-state index in [9.17, 15) is 26.4 Å². The number of nitrogens with zero attached hydrogens (tertiary/aromatic N) is 1. The van der Waals surface area contributed by atoms with Crippen molar-refractivity contribution in [3.8, 4) is 5.75 Å². The second-order valence-electron chi connectivity index (χ2n) is 6.02. The van der Waals surface area contributed by atoms with Crippen LogP contribution >= 0.6 is 11.3 Å². The van der Waals surface area contributed by atoms with E-state index in [1.165, 1.54) is 11.3 Å². The summed E-state index contributed by atoms with van der Waals surface area (Å²) in [5, 5.41) is 1.02. The summed E-state index contributed by atoms with van der Waals surface area (Å²) in [7, 11) is -2.55. The Morgan fingerprint density at radius 3 is 2.63 bits per heavy atom. The van der Waals surface area contributed by atoms with Gasteiger partial charge in [0.05, 0.1) is 23.7 Å². The van der Waals surface area contributed by atoms with Gasteiger partial charge < -0.3 is 9.64 Å². The van der Waals surface area contributed by atoms with Gasteiger partial charge >= 0.3 is 0 Å². The van der Waals surface area contributed by atoms with Crippen LogP contribution in [0.4, 0.5) is 13.2 Å². The highest BCUT2D eigenvalue weighted by molar-refractivity contribution is 7.91. The van der Waals surface area contributed by atoms with E-state index >= 15 is 0 Å². The second kappa shape index (κ2) is 7.51. The highest BCUT2D eigenvalue weighted by Crippen LogP contribution is 2.33. The molecule has 1 saturated heterocycles. The number of carbonyl (C=O) groups is 1. The van der Waals surface area contributed by atoms with Crippen molar-refractivity contribution in [2.75, 3.05) is 26.0 Å². The highest BCUT2D eigenvalue weighted by Gasteiger charge is 2.35. The molecule has 2 heterocycles. The number of carbonyl (C=O) groups excluding carboxylic acids is 1. The van der Waals surface area contributed by atoms with E-state index in [0.29, 0.717) is 10.9 Å². The van der Waals surface area contributed by atoms with Crippen LogP contribution in [0.2, 0.25) is 0 Å². The summed E-state index contributed by atoms with van der Waals surface area (Å²) >= 11 is 1.31. The van der Waals surface area contributed by atoms with Crippen molar-refractivity contribution in [3.05, 3.63) is 51.5 Å². The van der Waals surface area contributed by atoms with Crippen molar-refractivity contribution < 1.29 is 31.1 Å². The van der Waals surface area contributed by atoms with Crippen LogP contribution in [0.25, 0.3) is 0 Å². The molecule has 10 heteroatoms. The zero-order chi connectivity index (χ0) is 19.8. The van der Waals surface area contributed by atoms with Gasteiger partial charge in [0.2, 0.25) is 5.82 Å². The van der Waals surface area contributed by atoms with Crippen molar-refractivity contribution in [1.29, 1.82) is 0 Å². The fraction of sp³-hybridized carbons (Fsp3) is 0.353. The van der Waals surface area contributed by atoms with Gasteiger partial charge in [0.15, 0.2) is 27.2 Å². The Kier molecular flexibility index (Phi) is 5.48. The molecule has 0 bridgehead atoms. The lowest BCUT2D eigenvalue weighted by molar-refractivity contribution is 0.0760. The van der Waals surface area contributed by atoms with E-state index in [4.69, 9.17) is 0 Å². The molecule has 0 N–H and O–H groups in total. The largest absolute Gasteiger partial charge is 0.491 e. The van der Waals surface area contributed by atoms with Crippen molar-refractivity contribution in [3.63, 3.8) is 0 Å². The molecule has 0 saturated carbocycles. The molecule has 0 spiro atoms. The molecule has 1 aliphatic rings. The highest BCUT2D eigenvalue weighted by atomic mass is 32.2. The topological polar surface area (TPSA) is 63.7 Å². The number of sulfone groups is 1. The number of hydrogen-bond acceptors (Lipinski definition) is 5. The molecule has 0 radical (unpaired) electrons. The van der Waals surface area contributed by atoms with Gasteiger partial charge in [-0.15, -0.1) is 11.3 Å². The number of amides is 1. The minimum absolute atomic E-state index is 0.0430. The summed E-state index contributed by atoms with van der Waals surface area (Å²) in [6.07, 6.45) is 0.136. The fourth-order valence-electron chi connectivity index (χ4n) is 3.03. The number of benzene rings is 1. The standard InChI is InChI=1S/C17H16F3NO4S2/c1-25-16-14(19)10(9-11(18)15(16)20)17(22)21-5-4-13(12-3-2-7-26-12)27(23,24)8-6-21/h2-3,7,9,13H,4-6,8H2,1H3/t13-/m1/s1. The number of thiophene rings is 1. The fourth-order valence-corrected chi connectivity index (χ4v) is 6.03. The normalized spacial score (nSPS) is 19.6. The molecule has 1 atom stereocenters. The zero-order valence-corrected chi connectivity index (χ0v) is 15.9. The number of rotatable bonds is 3. The van der Waals surface area contributed by atoms with Gasteiger partial charge in [0.25, 0.3) is 5.91 Å². The average Bonchev–Trinajstić information content (AvgIpc) is 3.09. The third-order valence-electron chi connectivity index (χ3n) is 4.44. The minimum Gasteiger partial charge on any atom is -0.491 e. The molecule has 2 aromatic rings. The van der Waals surface area contributed by atoms with Gasteiger partial charge in [0, 0.05) is 18.0 Å². The molecule has 146 valence electrons. The molecule has 1 amide bonds. The third kappa shape index (κ3) is 3.68. The summed E-state index contributed by atoms with van der Waals surface area (Å²) in [6, 6.07) is 3.92. The number of ether oxygens (including phenoxy) is 1. The van der Waals surface area contributed by atoms with Gasteiger partial charge in [-0.2, -0.15) is 4.39 Å². The van der Waals surface area contributed by atoms with E-state index in [1.54, 1.807) is 17.5 Å². The maximum absolute atomic E-state index is 14.4. The lowest BCUT2D eigenvalue weighted by Gasteiger charge is -2.21. The molecule has 0 unspecified atom stereocenters. The maximum atomic E-state index is 14.4. The van der Waals surface area contributed by atoms with Crippen molar-refractivity contribution in [2.24, 2.45) is 0 Å². The quantitative estimate of drug-likeness (QED) is 0.717. The van der Waals surface area contributed by atoms with Crippen LogP contribution in [0.5, 0.6) is 5.75 Å². The first-order chi connectivity index (χ1) is 12.8. The maximum Gasteiger partial charge on any atom is 0.257 e. The molecular formula is C17H16F3NO4S2. The first-order valence-corrected chi connectivity index (χ1v) is 10.6. The Hall–Kier alpha value is -2.07. The molecule has 5 nitrogen and oxygen atoms in total. The number of halogens is 3. The van der Waals surface area contributed by atoms with E-state index < -0.39 is 49.8 Å². The summed E-state index contributed by atoms with van der Waals surface area (Å²) in [5.74, 6) is -6.46. The van der Waals surface area contributed by atoms with E-state index in [1.807, 2.05) is 0 Å². The van der Waals surface area contributed by atoms with Gasteiger partial charge in [-0.05, 0) is 23.9 Å². The van der Waals surface area contributed by atoms with Gasteiger partial charge in [-0.25, -0.2) is 17.2 Å². The monoisotopic (exact) mass is 419 g/mol. The van der Waals surface area contributed by atoms with Crippen molar-refractivity contribution >= 4 is 27.1 Å². The van der Waals surface area contributed by atoms with Crippen molar-refractivity contribution in [2.45, 2.75) is 11.7 Å². The van der Waals surface area contributed by atoms with Crippen LogP contribution in [0.15, 0.2) is 23.6 Å². The van der Waals surface area contributed by atoms with E-state index in [2.05, 4.69) is 4.74 Å². The second-order valence-corrected chi connectivity index (χ2v) is 9.30. The summed E-state index contributed by atoms with van der Waals surface area (Å²) in [6.45, 7) is -0.120. The van der Waals surface area contributed by atoms with Crippen LogP contribution in [-0.4, -0.2) is 45.2 Å². The summed E-state index contributed by atoms with van der Waals surface area (Å²) < 4.78 is 71.2. The van der Waals surface area contributed by atoms with Crippen LogP contribution in [0.1, 0.15) is 26.9 Å². The molecule has 1 aliphatic heterocycles. The van der Waals surface area contributed by atoms with Gasteiger partial charge in [0.1, 0.15) is 0 Å². The Morgan fingerprint density at radius 1 is 1.26 bits per heavy atom. The molecule has 1 aromatic heterocycles. The van der Waals surface area contributed by atoms with Crippen LogP contribution < -0.4 is 4.74 Å². The minimum atomic E-state index is -3.51. The van der Waals surface area contributed by atoms with E-state index in [0.717, 1.165) is 12.0 Å². The molecule has 3 rings (SSSR count). The SMILES string of the molecule is COc1c(F)c(F)cc(C(=O)N2CC[C@H](c3cccs3)S(=O)(=O)CC2)c1F. The van der Waals surface area contributed by atoms with Crippen LogP contribution in [-0.2, 0) is 9.84 Å². The lowest BCUT2D eigenvalue weighted by atomic mass is 10.1. The zero-order valence-electron chi connectivity index (χ0n) is 14.2.